The fourth-order valence-electron chi connectivity index (χ4n) is 2.35. The molecule has 8 nitrogen and oxygen atoms in total. The summed E-state index contributed by atoms with van der Waals surface area (Å²) in [5.74, 6) is 2.46. The Bertz CT molecular complexity index is 914. The van der Waals surface area contributed by atoms with E-state index in [1.165, 1.54) is 23.1 Å². The highest BCUT2D eigenvalue weighted by Crippen LogP contribution is 2.32. The summed E-state index contributed by atoms with van der Waals surface area (Å²) < 4.78 is 16.6. The number of anilines is 1. The van der Waals surface area contributed by atoms with Crippen LogP contribution in [0.1, 0.15) is 11.3 Å². The third-order valence-corrected chi connectivity index (χ3v) is 5.67. The molecule has 140 valence electrons. The van der Waals surface area contributed by atoms with Crippen LogP contribution in [0.3, 0.4) is 0 Å². The van der Waals surface area contributed by atoms with Crippen LogP contribution in [-0.2, 0) is 17.9 Å². The second-order valence-corrected chi connectivity index (χ2v) is 7.76. The molecule has 0 unspecified atom stereocenters. The van der Waals surface area contributed by atoms with E-state index in [4.69, 9.17) is 13.9 Å². The van der Waals surface area contributed by atoms with Crippen molar-refractivity contribution in [3.8, 4) is 11.5 Å². The molecule has 0 radical (unpaired) electrons. The molecule has 0 spiro atoms. The summed E-state index contributed by atoms with van der Waals surface area (Å²) in [4.78, 5) is 12.1. The van der Waals surface area contributed by atoms with Gasteiger partial charge in [-0.25, -0.2) is 0 Å². The SMILES string of the molecule is O=C(CSc1nnc(NCc2ccco2)s1)NCc1ccc2c(c1)OCO2. The quantitative estimate of drug-likeness (QED) is 0.553. The van der Waals surface area contributed by atoms with E-state index in [-0.39, 0.29) is 18.5 Å². The van der Waals surface area contributed by atoms with Crippen molar-refractivity contribution in [2.75, 3.05) is 17.9 Å². The molecule has 0 aliphatic carbocycles. The van der Waals surface area contributed by atoms with Crippen molar-refractivity contribution in [3.05, 3.63) is 47.9 Å². The Labute approximate surface area is 163 Å². The zero-order valence-electron chi connectivity index (χ0n) is 14.1. The number of carbonyl (C=O) groups is 1. The van der Waals surface area contributed by atoms with Gasteiger partial charge in [0.2, 0.25) is 17.8 Å². The number of hydrogen-bond acceptors (Lipinski definition) is 9. The third kappa shape index (κ3) is 4.72. The van der Waals surface area contributed by atoms with Crippen LogP contribution >= 0.6 is 23.1 Å². The molecule has 27 heavy (non-hydrogen) atoms. The van der Waals surface area contributed by atoms with Crippen molar-refractivity contribution in [1.29, 1.82) is 0 Å². The number of fused-ring (bicyclic) bond motifs is 1. The summed E-state index contributed by atoms with van der Waals surface area (Å²) >= 11 is 2.75. The summed E-state index contributed by atoms with van der Waals surface area (Å²) in [6.07, 6.45) is 1.63. The first-order chi connectivity index (χ1) is 13.3. The van der Waals surface area contributed by atoms with Gasteiger partial charge in [-0.2, -0.15) is 0 Å². The van der Waals surface area contributed by atoms with Crippen molar-refractivity contribution >= 4 is 34.1 Å². The average molecular weight is 404 g/mol. The Balaban J connectivity index is 1.20. The molecule has 2 aromatic heterocycles. The van der Waals surface area contributed by atoms with Crippen LogP contribution in [0.2, 0.25) is 0 Å². The average Bonchev–Trinajstić information content (AvgIpc) is 3.44. The molecule has 1 aliphatic rings. The van der Waals surface area contributed by atoms with E-state index in [0.717, 1.165) is 21.4 Å². The van der Waals surface area contributed by atoms with Crippen molar-refractivity contribution in [1.82, 2.24) is 15.5 Å². The Morgan fingerprint density at radius 1 is 1.19 bits per heavy atom. The van der Waals surface area contributed by atoms with Gasteiger partial charge in [-0.1, -0.05) is 29.2 Å². The summed E-state index contributed by atoms with van der Waals surface area (Å²) in [6.45, 7) is 1.21. The topological polar surface area (TPSA) is 98.5 Å². The lowest BCUT2D eigenvalue weighted by molar-refractivity contribution is -0.118. The van der Waals surface area contributed by atoms with Gasteiger partial charge in [0.1, 0.15) is 5.76 Å². The first-order valence-electron chi connectivity index (χ1n) is 8.14. The molecule has 1 aromatic carbocycles. The fourth-order valence-corrected chi connectivity index (χ4v) is 3.92. The normalized spacial score (nSPS) is 12.1. The van der Waals surface area contributed by atoms with Crippen LogP contribution in [0, 0.1) is 0 Å². The van der Waals surface area contributed by atoms with Crippen molar-refractivity contribution in [2.24, 2.45) is 0 Å². The second kappa shape index (κ2) is 8.31. The molecule has 0 saturated heterocycles. The number of hydrogen-bond donors (Lipinski definition) is 2. The molecule has 0 atom stereocenters. The third-order valence-electron chi connectivity index (χ3n) is 3.65. The molecular weight excluding hydrogens is 388 g/mol. The first kappa shape index (κ1) is 17.7. The predicted octanol–water partition coefficient (Wildman–Crippen LogP) is 2.88. The fraction of sp³-hybridized carbons (Fsp3) is 0.235. The molecular formula is C17H16N4O4S2. The molecule has 3 heterocycles. The van der Waals surface area contributed by atoms with Gasteiger partial charge in [0, 0.05) is 6.54 Å². The van der Waals surface area contributed by atoms with E-state index in [2.05, 4.69) is 20.8 Å². The Morgan fingerprint density at radius 2 is 2.11 bits per heavy atom. The van der Waals surface area contributed by atoms with Crippen LogP contribution in [0.4, 0.5) is 5.13 Å². The van der Waals surface area contributed by atoms with E-state index >= 15 is 0 Å². The number of furan rings is 1. The minimum atomic E-state index is -0.0713. The summed E-state index contributed by atoms with van der Waals surface area (Å²) in [7, 11) is 0. The molecule has 10 heteroatoms. The van der Waals surface area contributed by atoms with E-state index in [1.807, 2.05) is 30.3 Å². The highest BCUT2D eigenvalue weighted by atomic mass is 32.2. The van der Waals surface area contributed by atoms with Gasteiger partial charge < -0.3 is 24.5 Å². The van der Waals surface area contributed by atoms with Crippen LogP contribution < -0.4 is 20.1 Å². The molecule has 2 N–H and O–H groups in total. The lowest BCUT2D eigenvalue weighted by Crippen LogP contribution is -2.24. The summed E-state index contributed by atoms with van der Waals surface area (Å²) in [5.41, 5.74) is 0.956. The maximum atomic E-state index is 12.1. The number of amides is 1. The first-order valence-corrected chi connectivity index (χ1v) is 9.94. The summed E-state index contributed by atoms with van der Waals surface area (Å²) in [6, 6.07) is 9.34. The molecule has 0 fully saturated rings. The lowest BCUT2D eigenvalue weighted by atomic mass is 10.2. The molecule has 1 amide bonds. The number of nitrogens with one attached hydrogen (secondary N) is 2. The van der Waals surface area contributed by atoms with Gasteiger partial charge in [-0.05, 0) is 29.8 Å². The number of nitrogens with zero attached hydrogens (tertiary/aromatic N) is 2. The number of aromatic nitrogens is 2. The van der Waals surface area contributed by atoms with Gasteiger partial charge in [-0.3, -0.25) is 4.79 Å². The number of thioether (sulfide) groups is 1. The zero-order chi connectivity index (χ0) is 18.5. The van der Waals surface area contributed by atoms with Crippen LogP contribution in [0.25, 0.3) is 0 Å². The highest BCUT2D eigenvalue weighted by molar-refractivity contribution is 8.01. The van der Waals surface area contributed by atoms with Gasteiger partial charge >= 0.3 is 0 Å². The van der Waals surface area contributed by atoms with Crippen molar-refractivity contribution in [2.45, 2.75) is 17.4 Å². The van der Waals surface area contributed by atoms with E-state index < -0.39 is 0 Å². The van der Waals surface area contributed by atoms with Crippen LogP contribution in [-0.4, -0.2) is 28.7 Å². The number of carbonyl (C=O) groups excluding carboxylic acids is 1. The highest BCUT2D eigenvalue weighted by Gasteiger charge is 2.14. The number of benzene rings is 1. The molecule has 1 aliphatic heterocycles. The van der Waals surface area contributed by atoms with Crippen molar-refractivity contribution in [3.63, 3.8) is 0 Å². The Hall–Kier alpha value is -2.72. The molecule has 0 saturated carbocycles. The lowest BCUT2D eigenvalue weighted by Gasteiger charge is -2.05. The van der Waals surface area contributed by atoms with E-state index in [9.17, 15) is 4.79 Å². The molecule has 4 rings (SSSR count). The standard InChI is InChI=1S/C17H16N4O4S2/c22-15(18-7-11-3-4-13-14(6-11)25-10-24-13)9-26-17-21-20-16(27-17)19-8-12-2-1-5-23-12/h1-6H,7-10H2,(H,18,22)(H,19,20). The predicted molar refractivity (Wildman–Crippen MR) is 101 cm³/mol. The minimum Gasteiger partial charge on any atom is -0.467 e. The number of rotatable bonds is 8. The molecule has 3 aromatic rings. The zero-order valence-corrected chi connectivity index (χ0v) is 15.8. The van der Waals surface area contributed by atoms with Gasteiger partial charge in [-0.15, -0.1) is 10.2 Å². The monoisotopic (exact) mass is 404 g/mol. The van der Waals surface area contributed by atoms with Gasteiger partial charge in [0.05, 0.1) is 18.6 Å². The van der Waals surface area contributed by atoms with Gasteiger partial charge in [0.15, 0.2) is 15.8 Å². The molecule has 0 bridgehead atoms. The Kier molecular flexibility index (Phi) is 5.45. The van der Waals surface area contributed by atoms with Gasteiger partial charge in [0.25, 0.3) is 0 Å². The minimum absolute atomic E-state index is 0.0713. The maximum Gasteiger partial charge on any atom is 0.231 e. The largest absolute Gasteiger partial charge is 0.467 e. The van der Waals surface area contributed by atoms with Crippen LogP contribution in [0.15, 0.2) is 45.4 Å². The summed E-state index contributed by atoms with van der Waals surface area (Å²) in [5, 5.41) is 14.8. The smallest absolute Gasteiger partial charge is 0.231 e. The number of ether oxygens (including phenoxy) is 2. The second-order valence-electron chi connectivity index (χ2n) is 5.56. The Morgan fingerprint density at radius 3 is 3.00 bits per heavy atom. The maximum absolute atomic E-state index is 12.1. The van der Waals surface area contributed by atoms with Crippen LogP contribution in [0.5, 0.6) is 11.5 Å². The van der Waals surface area contributed by atoms with Crippen molar-refractivity contribution < 1.29 is 18.7 Å². The van der Waals surface area contributed by atoms with E-state index in [1.54, 1.807) is 6.26 Å². The van der Waals surface area contributed by atoms with E-state index in [0.29, 0.717) is 24.0 Å².